The molecule has 0 aromatic heterocycles. The molecule has 0 bridgehead atoms. The van der Waals surface area contributed by atoms with E-state index >= 15 is 0 Å². The number of hydrogen-bond donors (Lipinski definition) is 0. The molecule has 6 heteroatoms. The van der Waals surface area contributed by atoms with Gasteiger partial charge in [-0.15, -0.1) is 0 Å². The van der Waals surface area contributed by atoms with Crippen LogP contribution in [-0.4, -0.2) is 38.3 Å². The molecule has 1 amide bonds. The first kappa shape index (κ1) is 15.1. The third-order valence-corrected chi connectivity index (χ3v) is 7.60. The van der Waals surface area contributed by atoms with Crippen LogP contribution in [0.25, 0.3) is 0 Å². The normalized spacial score (nSPS) is 25.7. The first-order valence-electron chi connectivity index (χ1n) is 8.40. The summed E-state index contributed by atoms with van der Waals surface area (Å²) in [6.07, 6.45) is 5.76. The van der Waals surface area contributed by atoms with Gasteiger partial charge < -0.3 is 4.90 Å². The van der Waals surface area contributed by atoms with E-state index in [9.17, 15) is 13.2 Å². The molecule has 2 aliphatic heterocycles. The van der Waals surface area contributed by atoms with Gasteiger partial charge in [0.1, 0.15) is 0 Å². The SMILES string of the molecule is CN1C(=O)Cc2cc(S(=O)(=O)N3CCCC3C3CCC3)ccc21. The van der Waals surface area contributed by atoms with Crippen LogP contribution in [0, 0.1) is 5.92 Å². The van der Waals surface area contributed by atoms with Crippen molar-refractivity contribution in [1.82, 2.24) is 4.31 Å². The number of likely N-dealkylation sites (N-methyl/N-ethyl adjacent to an activating group) is 1. The maximum atomic E-state index is 13.1. The van der Waals surface area contributed by atoms with E-state index in [2.05, 4.69) is 0 Å². The minimum atomic E-state index is -3.46. The van der Waals surface area contributed by atoms with Crippen LogP contribution in [0.15, 0.2) is 23.1 Å². The fourth-order valence-electron chi connectivity index (χ4n) is 4.10. The Kier molecular flexibility index (Phi) is 3.50. The van der Waals surface area contributed by atoms with Crippen LogP contribution in [0.5, 0.6) is 0 Å². The Morgan fingerprint density at radius 1 is 1.13 bits per heavy atom. The molecule has 1 atom stereocenters. The van der Waals surface area contributed by atoms with Crippen molar-refractivity contribution >= 4 is 21.6 Å². The maximum absolute atomic E-state index is 13.1. The fourth-order valence-corrected chi connectivity index (χ4v) is 5.91. The molecule has 2 fully saturated rings. The lowest BCUT2D eigenvalue weighted by molar-refractivity contribution is -0.117. The highest BCUT2D eigenvalue weighted by molar-refractivity contribution is 7.89. The van der Waals surface area contributed by atoms with Gasteiger partial charge in [-0.3, -0.25) is 4.79 Å². The molecule has 0 N–H and O–H groups in total. The molecule has 23 heavy (non-hydrogen) atoms. The standard InChI is InChI=1S/C17H22N2O3S/c1-18-15-8-7-14(10-13(15)11-17(18)20)23(21,22)19-9-3-6-16(19)12-4-2-5-12/h7-8,10,12,16H,2-6,9,11H2,1H3. The molecule has 3 aliphatic rings. The molecule has 2 heterocycles. The highest BCUT2D eigenvalue weighted by atomic mass is 32.2. The largest absolute Gasteiger partial charge is 0.315 e. The van der Waals surface area contributed by atoms with Gasteiger partial charge in [-0.25, -0.2) is 8.42 Å². The van der Waals surface area contributed by atoms with Crippen molar-refractivity contribution in [3.8, 4) is 0 Å². The Morgan fingerprint density at radius 2 is 1.91 bits per heavy atom. The molecule has 124 valence electrons. The molecule has 5 nitrogen and oxygen atoms in total. The number of amides is 1. The van der Waals surface area contributed by atoms with Crippen molar-refractivity contribution in [2.75, 3.05) is 18.5 Å². The van der Waals surface area contributed by atoms with Gasteiger partial charge in [-0.05, 0) is 55.4 Å². The molecule has 0 spiro atoms. The Hall–Kier alpha value is -1.40. The van der Waals surface area contributed by atoms with Gasteiger partial charge in [0.2, 0.25) is 15.9 Å². The Morgan fingerprint density at radius 3 is 2.61 bits per heavy atom. The topological polar surface area (TPSA) is 57.7 Å². The van der Waals surface area contributed by atoms with E-state index < -0.39 is 10.0 Å². The summed E-state index contributed by atoms with van der Waals surface area (Å²) in [6.45, 7) is 0.624. The van der Waals surface area contributed by atoms with Crippen molar-refractivity contribution in [1.29, 1.82) is 0 Å². The number of carbonyl (C=O) groups excluding carboxylic acids is 1. The molecule has 1 unspecified atom stereocenters. The van der Waals surface area contributed by atoms with Crippen molar-refractivity contribution in [3.63, 3.8) is 0 Å². The van der Waals surface area contributed by atoms with Gasteiger partial charge in [0.25, 0.3) is 0 Å². The summed E-state index contributed by atoms with van der Waals surface area (Å²) in [6, 6.07) is 5.29. The minimum absolute atomic E-state index is 0.0167. The zero-order valence-electron chi connectivity index (χ0n) is 13.4. The van der Waals surface area contributed by atoms with Gasteiger partial charge in [0.15, 0.2) is 0 Å². The molecule has 1 saturated carbocycles. The third kappa shape index (κ3) is 2.31. The number of rotatable bonds is 3. The number of sulfonamides is 1. The summed E-state index contributed by atoms with van der Waals surface area (Å²) in [5, 5.41) is 0. The lowest BCUT2D eigenvalue weighted by Crippen LogP contribution is -2.42. The summed E-state index contributed by atoms with van der Waals surface area (Å²) in [5.74, 6) is 0.553. The van der Waals surface area contributed by atoms with Crippen molar-refractivity contribution in [2.45, 2.75) is 49.5 Å². The average Bonchev–Trinajstić information content (AvgIpc) is 3.03. The van der Waals surface area contributed by atoms with Crippen LogP contribution in [0.3, 0.4) is 0 Å². The van der Waals surface area contributed by atoms with Crippen molar-refractivity contribution < 1.29 is 13.2 Å². The number of benzene rings is 1. The van der Waals surface area contributed by atoms with Crippen LogP contribution in [0.1, 0.15) is 37.7 Å². The summed E-state index contributed by atoms with van der Waals surface area (Å²) in [4.78, 5) is 13.7. The predicted molar refractivity (Wildman–Crippen MR) is 87.8 cm³/mol. The van der Waals surface area contributed by atoms with Gasteiger partial charge >= 0.3 is 0 Å². The summed E-state index contributed by atoms with van der Waals surface area (Å²) >= 11 is 0. The third-order valence-electron chi connectivity index (χ3n) is 5.68. The van der Waals surface area contributed by atoms with Gasteiger partial charge in [0, 0.05) is 25.3 Å². The second-order valence-electron chi connectivity index (χ2n) is 6.94. The highest BCUT2D eigenvalue weighted by Gasteiger charge is 2.41. The lowest BCUT2D eigenvalue weighted by Gasteiger charge is -2.36. The van der Waals surface area contributed by atoms with E-state index in [4.69, 9.17) is 0 Å². The number of carbonyl (C=O) groups is 1. The van der Waals surface area contributed by atoms with Gasteiger partial charge in [-0.1, -0.05) is 6.42 Å². The molecule has 4 rings (SSSR count). The number of hydrogen-bond acceptors (Lipinski definition) is 3. The highest BCUT2D eigenvalue weighted by Crippen LogP contribution is 2.40. The summed E-state index contributed by atoms with van der Waals surface area (Å²) in [7, 11) is -1.73. The molecule has 0 radical (unpaired) electrons. The Bertz CT molecular complexity index is 755. The van der Waals surface area contributed by atoms with Crippen LogP contribution >= 0.6 is 0 Å². The smallest absolute Gasteiger partial charge is 0.243 e. The van der Waals surface area contributed by atoms with Crippen LogP contribution < -0.4 is 4.90 Å². The van der Waals surface area contributed by atoms with Crippen LogP contribution in [0.2, 0.25) is 0 Å². The van der Waals surface area contributed by atoms with E-state index in [0.717, 1.165) is 36.9 Å². The van der Waals surface area contributed by atoms with Crippen LogP contribution in [-0.2, 0) is 21.2 Å². The first-order chi connectivity index (χ1) is 11.0. The van der Waals surface area contributed by atoms with Crippen LogP contribution in [0.4, 0.5) is 5.69 Å². The quantitative estimate of drug-likeness (QED) is 0.851. The lowest BCUT2D eigenvalue weighted by atomic mass is 9.79. The van der Waals surface area contributed by atoms with E-state index in [1.165, 1.54) is 6.42 Å². The van der Waals surface area contributed by atoms with Gasteiger partial charge in [0.05, 0.1) is 11.3 Å². The number of anilines is 1. The zero-order valence-corrected chi connectivity index (χ0v) is 14.2. The van der Waals surface area contributed by atoms with E-state index in [-0.39, 0.29) is 11.9 Å². The van der Waals surface area contributed by atoms with Crippen molar-refractivity contribution in [3.05, 3.63) is 23.8 Å². The molecule has 1 saturated heterocycles. The zero-order chi connectivity index (χ0) is 16.2. The second-order valence-corrected chi connectivity index (χ2v) is 8.83. The molecule has 1 aliphatic carbocycles. The minimum Gasteiger partial charge on any atom is -0.315 e. The monoisotopic (exact) mass is 334 g/mol. The molecular formula is C17H22N2O3S. The fraction of sp³-hybridized carbons (Fsp3) is 0.588. The van der Waals surface area contributed by atoms with E-state index in [0.29, 0.717) is 23.8 Å². The van der Waals surface area contributed by atoms with Crippen molar-refractivity contribution in [2.24, 2.45) is 5.92 Å². The molecular weight excluding hydrogens is 312 g/mol. The summed E-state index contributed by atoms with van der Waals surface area (Å²) in [5.41, 5.74) is 1.64. The predicted octanol–water partition coefficient (Wildman–Crippen LogP) is 2.16. The second kappa shape index (κ2) is 5.31. The molecule has 1 aromatic rings. The molecule has 1 aromatic carbocycles. The van der Waals surface area contributed by atoms with E-state index in [1.54, 1.807) is 34.5 Å². The first-order valence-corrected chi connectivity index (χ1v) is 9.84. The summed E-state index contributed by atoms with van der Waals surface area (Å²) < 4.78 is 27.9. The number of nitrogens with zero attached hydrogens (tertiary/aromatic N) is 2. The maximum Gasteiger partial charge on any atom is 0.243 e. The Balaban J connectivity index is 1.67. The number of fused-ring (bicyclic) bond motifs is 1. The van der Waals surface area contributed by atoms with Gasteiger partial charge in [-0.2, -0.15) is 4.31 Å². The van der Waals surface area contributed by atoms with E-state index in [1.807, 2.05) is 0 Å². The Labute approximate surface area is 137 Å². The average molecular weight is 334 g/mol.